The molecule has 29 heavy (non-hydrogen) atoms. The van der Waals surface area contributed by atoms with Gasteiger partial charge in [-0.3, -0.25) is 0 Å². The van der Waals surface area contributed by atoms with Gasteiger partial charge in [-0.1, -0.05) is 78.1 Å². The molecular weight excluding hydrogens is 378 g/mol. The molecule has 0 unspecified atom stereocenters. The molecule has 0 saturated heterocycles. The summed E-state index contributed by atoms with van der Waals surface area (Å²) in [5.74, 6) is 0.792. The quantitative estimate of drug-likeness (QED) is 0.412. The second-order valence-corrected chi connectivity index (χ2v) is 8.06. The summed E-state index contributed by atoms with van der Waals surface area (Å²) < 4.78 is 4.26. The summed E-state index contributed by atoms with van der Waals surface area (Å²) in [5.41, 5.74) is 3.56. The SMILES string of the molecule is c1ccc(-c2nnc3sc(CCn4c5ccccc5c5ccccc54)nn23)cc1. The van der Waals surface area contributed by atoms with Gasteiger partial charge in [0.2, 0.25) is 4.96 Å². The summed E-state index contributed by atoms with van der Waals surface area (Å²) in [6, 6.07) is 27.3. The number of nitrogens with zero attached hydrogens (tertiary/aromatic N) is 5. The molecule has 0 radical (unpaired) electrons. The number of benzene rings is 3. The first-order chi connectivity index (χ1) is 14.4. The van der Waals surface area contributed by atoms with E-state index in [0.717, 1.165) is 34.3 Å². The fourth-order valence-electron chi connectivity index (χ4n) is 3.98. The van der Waals surface area contributed by atoms with Crippen LogP contribution in [-0.2, 0) is 13.0 Å². The minimum atomic E-state index is 0.792. The normalized spacial score (nSPS) is 11.7. The van der Waals surface area contributed by atoms with E-state index in [1.807, 2.05) is 34.8 Å². The second-order valence-electron chi connectivity index (χ2n) is 7.02. The van der Waals surface area contributed by atoms with Crippen molar-refractivity contribution in [2.24, 2.45) is 0 Å². The van der Waals surface area contributed by atoms with E-state index >= 15 is 0 Å². The van der Waals surface area contributed by atoms with Crippen molar-refractivity contribution in [2.45, 2.75) is 13.0 Å². The van der Waals surface area contributed by atoms with Gasteiger partial charge in [0.25, 0.3) is 0 Å². The van der Waals surface area contributed by atoms with Crippen LogP contribution in [0.3, 0.4) is 0 Å². The molecule has 140 valence electrons. The van der Waals surface area contributed by atoms with Crippen LogP contribution >= 0.6 is 11.3 Å². The van der Waals surface area contributed by atoms with Crippen LogP contribution < -0.4 is 0 Å². The molecular formula is C23H17N5S. The highest BCUT2D eigenvalue weighted by molar-refractivity contribution is 7.16. The third-order valence-electron chi connectivity index (χ3n) is 5.29. The van der Waals surface area contributed by atoms with Gasteiger partial charge in [-0.25, -0.2) is 0 Å². The zero-order valence-electron chi connectivity index (χ0n) is 15.6. The van der Waals surface area contributed by atoms with Gasteiger partial charge in [-0.05, 0) is 12.1 Å². The Kier molecular flexibility index (Phi) is 3.70. The predicted molar refractivity (Wildman–Crippen MR) is 117 cm³/mol. The van der Waals surface area contributed by atoms with Crippen molar-refractivity contribution in [2.75, 3.05) is 0 Å². The van der Waals surface area contributed by atoms with E-state index in [2.05, 4.69) is 63.3 Å². The Balaban J connectivity index is 1.37. The van der Waals surface area contributed by atoms with E-state index in [-0.39, 0.29) is 0 Å². The molecule has 0 aliphatic heterocycles. The molecule has 6 heteroatoms. The third kappa shape index (κ3) is 2.64. The molecule has 0 spiro atoms. The van der Waals surface area contributed by atoms with E-state index in [1.54, 1.807) is 11.3 Å². The van der Waals surface area contributed by atoms with Gasteiger partial charge >= 0.3 is 0 Å². The van der Waals surface area contributed by atoms with Crippen molar-refractivity contribution in [3.63, 3.8) is 0 Å². The van der Waals surface area contributed by atoms with Crippen molar-refractivity contribution in [1.29, 1.82) is 0 Å². The Morgan fingerprint density at radius 3 is 2.10 bits per heavy atom. The average molecular weight is 395 g/mol. The lowest BCUT2D eigenvalue weighted by Crippen LogP contribution is -2.01. The Hall–Kier alpha value is -3.51. The smallest absolute Gasteiger partial charge is 0.234 e. The lowest BCUT2D eigenvalue weighted by Gasteiger charge is -2.05. The first kappa shape index (κ1) is 16.4. The minimum Gasteiger partial charge on any atom is -0.340 e. The highest BCUT2D eigenvalue weighted by Gasteiger charge is 2.14. The van der Waals surface area contributed by atoms with Crippen LogP contribution in [0.15, 0.2) is 78.9 Å². The summed E-state index contributed by atoms with van der Waals surface area (Å²) in [6.45, 7) is 0.874. The molecule has 0 bridgehead atoms. The topological polar surface area (TPSA) is 48.0 Å². The second kappa shape index (κ2) is 6.53. The highest BCUT2D eigenvalue weighted by atomic mass is 32.1. The maximum Gasteiger partial charge on any atom is 0.234 e. The fraction of sp³-hybridized carbons (Fsp3) is 0.0870. The molecule has 0 fully saturated rings. The van der Waals surface area contributed by atoms with Gasteiger partial charge in [-0.15, -0.1) is 10.2 Å². The molecule has 0 aliphatic carbocycles. The molecule has 0 N–H and O–H groups in total. The monoisotopic (exact) mass is 395 g/mol. The maximum absolute atomic E-state index is 4.81. The molecule has 6 rings (SSSR count). The van der Waals surface area contributed by atoms with Crippen LogP contribution in [-0.4, -0.2) is 24.4 Å². The third-order valence-corrected chi connectivity index (χ3v) is 6.25. The van der Waals surface area contributed by atoms with E-state index in [1.165, 1.54) is 21.8 Å². The maximum atomic E-state index is 4.81. The van der Waals surface area contributed by atoms with Crippen LogP contribution in [0.1, 0.15) is 5.01 Å². The zero-order chi connectivity index (χ0) is 19.2. The lowest BCUT2D eigenvalue weighted by molar-refractivity contribution is 0.728. The molecule has 3 heterocycles. The van der Waals surface area contributed by atoms with Crippen molar-refractivity contribution in [1.82, 2.24) is 24.4 Å². The van der Waals surface area contributed by atoms with Gasteiger partial charge in [0, 0.05) is 40.3 Å². The van der Waals surface area contributed by atoms with E-state index in [0.29, 0.717) is 0 Å². The molecule has 0 atom stereocenters. The van der Waals surface area contributed by atoms with E-state index in [4.69, 9.17) is 5.10 Å². The standard InChI is InChI=1S/C23H17N5S/c1-2-8-16(9-3-1)22-24-25-23-28(22)26-21(29-23)14-15-27-19-12-6-4-10-17(19)18-11-5-7-13-20(18)27/h1-13H,14-15H2. The van der Waals surface area contributed by atoms with Crippen molar-refractivity contribution in [3.05, 3.63) is 83.9 Å². The summed E-state index contributed by atoms with van der Waals surface area (Å²) in [5, 5.41) is 17.1. The largest absolute Gasteiger partial charge is 0.340 e. The van der Waals surface area contributed by atoms with Gasteiger partial charge < -0.3 is 4.57 Å². The number of aryl methyl sites for hydroxylation is 2. The molecule has 6 aromatic rings. The first-order valence-electron chi connectivity index (χ1n) is 9.61. The van der Waals surface area contributed by atoms with Crippen LogP contribution in [0.2, 0.25) is 0 Å². The first-order valence-corrected chi connectivity index (χ1v) is 10.4. The minimum absolute atomic E-state index is 0.792. The number of hydrogen-bond acceptors (Lipinski definition) is 4. The summed E-state index contributed by atoms with van der Waals surface area (Å²) in [4.78, 5) is 0.834. The molecule has 3 aromatic carbocycles. The van der Waals surface area contributed by atoms with Crippen LogP contribution in [0.4, 0.5) is 0 Å². The number of para-hydroxylation sites is 2. The van der Waals surface area contributed by atoms with Gasteiger partial charge in [0.15, 0.2) is 5.82 Å². The lowest BCUT2D eigenvalue weighted by atomic mass is 10.2. The number of rotatable bonds is 4. The highest BCUT2D eigenvalue weighted by Crippen LogP contribution is 2.29. The van der Waals surface area contributed by atoms with Crippen molar-refractivity contribution >= 4 is 38.1 Å². The van der Waals surface area contributed by atoms with Crippen LogP contribution in [0.25, 0.3) is 38.2 Å². The molecule has 0 aliphatic rings. The average Bonchev–Trinajstić information content (AvgIpc) is 3.44. The van der Waals surface area contributed by atoms with Gasteiger partial charge in [0.1, 0.15) is 5.01 Å². The summed E-state index contributed by atoms with van der Waals surface area (Å²) in [7, 11) is 0. The van der Waals surface area contributed by atoms with Crippen LogP contribution in [0, 0.1) is 0 Å². The summed E-state index contributed by atoms with van der Waals surface area (Å²) in [6.07, 6.45) is 0.852. The fourth-order valence-corrected chi connectivity index (χ4v) is 4.80. The predicted octanol–water partition coefficient (Wildman–Crippen LogP) is 5.20. The molecule has 5 nitrogen and oxygen atoms in total. The Bertz CT molecular complexity index is 1410. The van der Waals surface area contributed by atoms with Crippen LogP contribution in [0.5, 0.6) is 0 Å². The molecule has 3 aromatic heterocycles. The number of hydrogen-bond donors (Lipinski definition) is 0. The molecule has 0 amide bonds. The Morgan fingerprint density at radius 1 is 0.724 bits per heavy atom. The number of aromatic nitrogens is 5. The molecule has 0 saturated carbocycles. The van der Waals surface area contributed by atoms with E-state index < -0.39 is 0 Å². The summed E-state index contributed by atoms with van der Waals surface area (Å²) >= 11 is 1.61. The van der Waals surface area contributed by atoms with Gasteiger partial charge in [0.05, 0.1) is 0 Å². The van der Waals surface area contributed by atoms with E-state index in [9.17, 15) is 0 Å². The van der Waals surface area contributed by atoms with Crippen molar-refractivity contribution < 1.29 is 0 Å². The Morgan fingerprint density at radius 2 is 1.38 bits per heavy atom. The Labute approximate surface area is 170 Å². The number of fused-ring (bicyclic) bond motifs is 4. The zero-order valence-corrected chi connectivity index (χ0v) is 16.4. The van der Waals surface area contributed by atoms with Crippen molar-refractivity contribution in [3.8, 4) is 11.4 Å². The van der Waals surface area contributed by atoms with Gasteiger partial charge in [-0.2, -0.15) is 9.61 Å².